The van der Waals surface area contributed by atoms with Gasteiger partial charge in [0, 0.05) is 19.0 Å². The minimum atomic E-state index is -0.210. The van der Waals surface area contributed by atoms with Crippen molar-refractivity contribution >= 4 is 5.91 Å². The van der Waals surface area contributed by atoms with Crippen molar-refractivity contribution in [2.75, 3.05) is 7.05 Å². The molecule has 3 rings (SSSR count). The average molecular weight is 289 g/mol. The molecule has 0 aliphatic heterocycles. The smallest absolute Gasteiger partial charge is 0.226 e. The molecule has 0 N–H and O–H groups in total. The Labute approximate surface area is 126 Å². The van der Waals surface area contributed by atoms with E-state index in [1.165, 1.54) is 37.8 Å². The van der Waals surface area contributed by atoms with Crippen LogP contribution in [0.4, 0.5) is 4.39 Å². The van der Waals surface area contributed by atoms with Crippen LogP contribution in [0.25, 0.3) is 0 Å². The Hall–Kier alpha value is -1.38. The van der Waals surface area contributed by atoms with E-state index in [0.717, 1.165) is 24.8 Å². The Morgan fingerprint density at radius 1 is 1.10 bits per heavy atom. The molecular formula is C18H24FNO. The molecule has 2 aliphatic carbocycles. The fourth-order valence-corrected chi connectivity index (χ4v) is 3.63. The molecule has 0 saturated heterocycles. The van der Waals surface area contributed by atoms with Crippen LogP contribution in [-0.4, -0.2) is 23.9 Å². The maximum Gasteiger partial charge on any atom is 0.226 e. The molecule has 1 amide bonds. The highest BCUT2D eigenvalue weighted by Crippen LogP contribution is 2.48. The van der Waals surface area contributed by atoms with Crippen LogP contribution in [0.1, 0.15) is 56.4 Å². The van der Waals surface area contributed by atoms with Gasteiger partial charge in [-0.05, 0) is 42.9 Å². The molecule has 3 heteroatoms. The molecule has 2 nitrogen and oxygen atoms in total. The molecule has 0 bridgehead atoms. The third kappa shape index (κ3) is 3.28. The number of halogens is 1. The van der Waals surface area contributed by atoms with Crippen LogP contribution in [0, 0.1) is 11.7 Å². The van der Waals surface area contributed by atoms with Gasteiger partial charge in [0.25, 0.3) is 0 Å². The van der Waals surface area contributed by atoms with Crippen molar-refractivity contribution in [3.8, 4) is 0 Å². The largest absolute Gasteiger partial charge is 0.343 e. The molecule has 2 aliphatic rings. The van der Waals surface area contributed by atoms with Crippen molar-refractivity contribution in [3.05, 3.63) is 35.6 Å². The number of benzene rings is 1. The second-order valence-electron chi connectivity index (χ2n) is 6.59. The fraction of sp³-hybridized carbons (Fsp3) is 0.611. The van der Waals surface area contributed by atoms with Gasteiger partial charge in [0.2, 0.25) is 5.91 Å². The molecule has 2 fully saturated rings. The van der Waals surface area contributed by atoms with E-state index < -0.39 is 0 Å². The van der Waals surface area contributed by atoms with Gasteiger partial charge in [-0.15, -0.1) is 0 Å². The summed E-state index contributed by atoms with van der Waals surface area (Å²) in [6.07, 6.45) is 8.32. The third-order valence-corrected chi connectivity index (χ3v) is 5.13. The molecule has 2 atom stereocenters. The number of nitrogens with zero attached hydrogens (tertiary/aromatic N) is 1. The molecule has 2 saturated carbocycles. The first-order valence-corrected chi connectivity index (χ1v) is 8.19. The Kier molecular flexibility index (Phi) is 4.27. The van der Waals surface area contributed by atoms with E-state index in [1.807, 2.05) is 24.1 Å². The SMILES string of the molecule is CN(C(=O)C1CC1c1ccc(F)cc1)C1CCCCCC1. The van der Waals surface area contributed by atoms with Crippen molar-refractivity contribution in [2.45, 2.75) is 56.9 Å². The number of hydrogen-bond donors (Lipinski definition) is 0. The van der Waals surface area contributed by atoms with E-state index in [9.17, 15) is 9.18 Å². The maximum absolute atomic E-state index is 13.0. The molecule has 21 heavy (non-hydrogen) atoms. The van der Waals surface area contributed by atoms with E-state index in [1.54, 1.807) is 0 Å². The van der Waals surface area contributed by atoms with Crippen molar-refractivity contribution in [2.24, 2.45) is 5.92 Å². The Morgan fingerprint density at radius 2 is 1.71 bits per heavy atom. The lowest BCUT2D eigenvalue weighted by Crippen LogP contribution is -2.38. The summed E-state index contributed by atoms with van der Waals surface area (Å²) >= 11 is 0. The zero-order valence-corrected chi connectivity index (χ0v) is 12.7. The van der Waals surface area contributed by atoms with Gasteiger partial charge in [0.05, 0.1) is 0 Å². The lowest BCUT2D eigenvalue weighted by Gasteiger charge is -2.27. The van der Waals surface area contributed by atoms with E-state index in [4.69, 9.17) is 0 Å². The first kappa shape index (κ1) is 14.6. The lowest BCUT2D eigenvalue weighted by molar-refractivity contribution is -0.133. The van der Waals surface area contributed by atoms with Crippen LogP contribution in [0.5, 0.6) is 0 Å². The highest BCUT2D eigenvalue weighted by molar-refractivity contribution is 5.83. The van der Waals surface area contributed by atoms with Crippen molar-refractivity contribution in [1.29, 1.82) is 0 Å². The van der Waals surface area contributed by atoms with Crippen LogP contribution < -0.4 is 0 Å². The average Bonchev–Trinajstić information content (AvgIpc) is 3.30. The predicted molar refractivity (Wildman–Crippen MR) is 81.5 cm³/mol. The Morgan fingerprint density at radius 3 is 2.33 bits per heavy atom. The molecule has 1 aromatic carbocycles. The van der Waals surface area contributed by atoms with Crippen LogP contribution in [0.15, 0.2) is 24.3 Å². The highest BCUT2D eigenvalue weighted by Gasteiger charge is 2.45. The molecule has 0 radical (unpaired) electrons. The highest BCUT2D eigenvalue weighted by atomic mass is 19.1. The van der Waals surface area contributed by atoms with Crippen LogP contribution >= 0.6 is 0 Å². The molecular weight excluding hydrogens is 265 g/mol. The summed E-state index contributed by atoms with van der Waals surface area (Å²) in [5.41, 5.74) is 1.10. The van der Waals surface area contributed by atoms with Crippen LogP contribution in [0.2, 0.25) is 0 Å². The van der Waals surface area contributed by atoms with Crippen LogP contribution in [0.3, 0.4) is 0 Å². The third-order valence-electron chi connectivity index (χ3n) is 5.13. The first-order chi connectivity index (χ1) is 10.2. The quantitative estimate of drug-likeness (QED) is 0.767. The van der Waals surface area contributed by atoms with E-state index >= 15 is 0 Å². The standard InChI is InChI=1S/C18H24FNO/c1-20(15-6-4-2-3-5-7-15)18(21)17-12-16(17)13-8-10-14(19)11-9-13/h8-11,15-17H,2-7,12H2,1H3. The molecule has 2 unspecified atom stereocenters. The Balaban J connectivity index is 1.60. The summed E-state index contributed by atoms with van der Waals surface area (Å²) in [5, 5.41) is 0. The molecule has 0 heterocycles. The monoisotopic (exact) mass is 289 g/mol. The Bertz CT molecular complexity index is 490. The molecule has 1 aromatic rings. The maximum atomic E-state index is 13.0. The number of hydrogen-bond acceptors (Lipinski definition) is 1. The fourth-order valence-electron chi connectivity index (χ4n) is 3.63. The molecule has 0 aromatic heterocycles. The summed E-state index contributed by atoms with van der Waals surface area (Å²) < 4.78 is 13.0. The van der Waals surface area contributed by atoms with E-state index in [0.29, 0.717) is 12.0 Å². The minimum absolute atomic E-state index is 0.115. The minimum Gasteiger partial charge on any atom is -0.343 e. The second kappa shape index (κ2) is 6.17. The van der Waals surface area contributed by atoms with E-state index in [-0.39, 0.29) is 17.6 Å². The normalized spacial score (nSPS) is 26.2. The zero-order valence-electron chi connectivity index (χ0n) is 12.7. The summed E-state index contributed by atoms with van der Waals surface area (Å²) in [4.78, 5) is 14.6. The van der Waals surface area contributed by atoms with Crippen molar-refractivity contribution in [3.63, 3.8) is 0 Å². The number of rotatable bonds is 3. The number of carbonyl (C=O) groups excluding carboxylic acids is 1. The topological polar surface area (TPSA) is 20.3 Å². The van der Waals surface area contributed by atoms with Gasteiger partial charge in [0.15, 0.2) is 0 Å². The van der Waals surface area contributed by atoms with E-state index in [2.05, 4.69) is 0 Å². The summed E-state index contributed by atoms with van der Waals surface area (Å²) in [7, 11) is 1.97. The van der Waals surface area contributed by atoms with Gasteiger partial charge in [0.1, 0.15) is 5.82 Å². The summed E-state index contributed by atoms with van der Waals surface area (Å²) in [5.74, 6) is 0.490. The van der Waals surface area contributed by atoms with Crippen LogP contribution in [-0.2, 0) is 4.79 Å². The molecule has 0 spiro atoms. The van der Waals surface area contributed by atoms with Gasteiger partial charge in [-0.2, -0.15) is 0 Å². The van der Waals surface area contributed by atoms with Gasteiger partial charge >= 0.3 is 0 Å². The predicted octanol–water partition coefficient (Wildman–Crippen LogP) is 4.11. The summed E-state index contributed by atoms with van der Waals surface area (Å²) in [6.45, 7) is 0. The van der Waals surface area contributed by atoms with Crippen molar-refractivity contribution in [1.82, 2.24) is 4.90 Å². The molecule has 114 valence electrons. The first-order valence-electron chi connectivity index (χ1n) is 8.19. The number of amides is 1. The van der Waals surface area contributed by atoms with Gasteiger partial charge in [-0.25, -0.2) is 4.39 Å². The van der Waals surface area contributed by atoms with Gasteiger partial charge < -0.3 is 4.90 Å². The van der Waals surface area contributed by atoms with Gasteiger partial charge in [-0.1, -0.05) is 37.8 Å². The second-order valence-corrected chi connectivity index (χ2v) is 6.59. The van der Waals surface area contributed by atoms with Crippen molar-refractivity contribution < 1.29 is 9.18 Å². The van der Waals surface area contributed by atoms with Gasteiger partial charge in [-0.3, -0.25) is 4.79 Å². The lowest BCUT2D eigenvalue weighted by atomic mass is 10.1. The zero-order chi connectivity index (χ0) is 14.8. The summed E-state index contributed by atoms with van der Waals surface area (Å²) in [6, 6.07) is 7.04. The number of carbonyl (C=O) groups is 1.